The molecule has 1 saturated heterocycles. The number of hydrogen-bond acceptors (Lipinski definition) is 7. The maximum Gasteiger partial charge on any atom is 0.274 e. The summed E-state index contributed by atoms with van der Waals surface area (Å²) in [6, 6.07) is 6.73. The van der Waals surface area contributed by atoms with Crippen LogP contribution >= 0.6 is 11.3 Å². The van der Waals surface area contributed by atoms with E-state index < -0.39 is 5.56 Å². The van der Waals surface area contributed by atoms with Gasteiger partial charge in [0.25, 0.3) is 11.5 Å². The van der Waals surface area contributed by atoms with Gasteiger partial charge < -0.3 is 10.2 Å². The molecule has 0 radical (unpaired) electrons. The van der Waals surface area contributed by atoms with E-state index in [0.717, 1.165) is 36.8 Å². The van der Waals surface area contributed by atoms with E-state index in [1.54, 1.807) is 6.20 Å². The predicted molar refractivity (Wildman–Crippen MR) is 103 cm³/mol. The zero-order valence-corrected chi connectivity index (χ0v) is 15.6. The molecule has 0 bridgehead atoms. The van der Waals surface area contributed by atoms with Crippen LogP contribution in [0.15, 0.2) is 35.3 Å². The number of nitrogens with one attached hydrogen (secondary N) is 1. The van der Waals surface area contributed by atoms with Gasteiger partial charge in [0, 0.05) is 25.4 Å². The van der Waals surface area contributed by atoms with E-state index in [1.807, 2.05) is 18.2 Å². The number of carbonyl (C=O) groups excluding carboxylic acids is 1. The summed E-state index contributed by atoms with van der Waals surface area (Å²) in [6.07, 6.45) is 6.36. The molecule has 0 unspecified atom stereocenters. The fraction of sp³-hybridized carbons (Fsp3) is 0.389. The first-order valence-electron chi connectivity index (χ1n) is 9.05. The number of amides is 1. The van der Waals surface area contributed by atoms with Gasteiger partial charge >= 0.3 is 0 Å². The second-order valence-corrected chi connectivity index (χ2v) is 7.40. The van der Waals surface area contributed by atoms with Gasteiger partial charge in [-0.1, -0.05) is 30.2 Å². The van der Waals surface area contributed by atoms with Crippen LogP contribution in [-0.4, -0.2) is 38.6 Å². The van der Waals surface area contributed by atoms with Crippen LogP contribution in [0.5, 0.6) is 0 Å². The maximum atomic E-state index is 12.6. The second-order valence-electron chi connectivity index (χ2n) is 6.46. The highest BCUT2D eigenvalue weighted by atomic mass is 32.1. The van der Waals surface area contributed by atoms with Gasteiger partial charge in [-0.15, -0.1) is 5.10 Å². The number of anilines is 1. The molecule has 4 heterocycles. The Kier molecular flexibility index (Phi) is 5.10. The highest BCUT2D eigenvalue weighted by Gasteiger charge is 2.19. The lowest BCUT2D eigenvalue weighted by Crippen LogP contribution is -2.28. The second kappa shape index (κ2) is 7.83. The Morgan fingerprint density at radius 2 is 2.00 bits per heavy atom. The van der Waals surface area contributed by atoms with Gasteiger partial charge in [-0.05, 0) is 25.0 Å². The Morgan fingerprint density at radius 1 is 1.19 bits per heavy atom. The lowest BCUT2D eigenvalue weighted by Gasteiger charge is -2.17. The summed E-state index contributed by atoms with van der Waals surface area (Å²) in [7, 11) is 0. The van der Waals surface area contributed by atoms with E-state index in [1.165, 1.54) is 34.8 Å². The number of nitrogens with zero attached hydrogens (tertiary/aromatic N) is 5. The third kappa shape index (κ3) is 3.97. The summed E-state index contributed by atoms with van der Waals surface area (Å²) < 4.78 is 1.47. The number of rotatable bonds is 4. The molecule has 9 heteroatoms. The van der Waals surface area contributed by atoms with Crippen molar-refractivity contribution in [3.63, 3.8) is 0 Å². The molecule has 0 aromatic carbocycles. The van der Waals surface area contributed by atoms with Gasteiger partial charge in [0.2, 0.25) is 10.1 Å². The zero-order valence-electron chi connectivity index (χ0n) is 14.8. The summed E-state index contributed by atoms with van der Waals surface area (Å²) in [5, 5.41) is 8.17. The Bertz CT molecular complexity index is 992. The predicted octanol–water partition coefficient (Wildman–Crippen LogP) is 1.86. The van der Waals surface area contributed by atoms with E-state index >= 15 is 0 Å². The van der Waals surface area contributed by atoms with Crippen molar-refractivity contribution in [1.82, 2.24) is 24.9 Å². The van der Waals surface area contributed by atoms with Crippen molar-refractivity contribution in [2.45, 2.75) is 32.2 Å². The molecule has 1 aliphatic heterocycles. The molecule has 0 saturated carbocycles. The monoisotopic (exact) mass is 384 g/mol. The fourth-order valence-corrected chi connectivity index (χ4v) is 4.08. The fourth-order valence-electron chi connectivity index (χ4n) is 3.12. The first kappa shape index (κ1) is 17.6. The molecular weight excluding hydrogens is 364 g/mol. The van der Waals surface area contributed by atoms with Gasteiger partial charge in [0.05, 0.1) is 12.2 Å². The first-order valence-corrected chi connectivity index (χ1v) is 9.86. The smallest absolute Gasteiger partial charge is 0.274 e. The molecule has 3 aromatic rings. The van der Waals surface area contributed by atoms with E-state index in [4.69, 9.17) is 0 Å². The largest absolute Gasteiger partial charge is 0.347 e. The minimum Gasteiger partial charge on any atom is -0.347 e. The molecule has 1 amide bonds. The Labute approximate surface area is 159 Å². The van der Waals surface area contributed by atoms with E-state index in [0.29, 0.717) is 4.96 Å². The van der Waals surface area contributed by atoms with Crippen molar-refractivity contribution in [2.75, 3.05) is 18.0 Å². The summed E-state index contributed by atoms with van der Waals surface area (Å²) in [5.41, 5.74) is 0.495. The minimum atomic E-state index is -0.441. The summed E-state index contributed by atoms with van der Waals surface area (Å²) in [6.45, 7) is 2.15. The van der Waals surface area contributed by atoms with Crippen molar-refractivity contribution >= 4 is 27.3 Å². The summed E-state index contributed by atoms with van der Waals surface area (Å²) in [5.74, 6) is -0.372. The van der Waals surface area contributed by atoms with Crippen molar-refractivity contribution in [3.05, 3.63) is 52.2 Å². The van der Waals surface area contributed by atoms with Crippen LogP contribution in [0.4, 0.5) is 5.13 Å². The molecule has 0 atom stereocenters. The van der Waals surface area contributed by atoms with E-state index in [2.05, 4.69) is 25.3 Å². The number of carbonyl (C=O) groups is 1. The van der Waals surface area contributed by atoms with Gasteiger partial charge in [0.15, 0.2) is 0 Å². The lowest BCUT2D eigenvalue weighted by molar-refractivity contribution is 0.0942. The molecule has 0 aliphatic carbocycles. The molecule has 0 spiro atoms. The SMILES string of the molecule is O=C(NCc1ccccn1)c1cc(=O)nc2sc(N3CCCCCC3)nn12. The van der Waals surface area contributed by atoms with Crippen LogP contribution in [0.1, 0.15) is 41.9 Å². The van der Waals surface area contributed by atoms with Crippen LogP contribution in [0.3, 0.4) is 0 Å². The topological polar surface area (TPSA) is 92.5 Å². The number of hydrogen-bond donors (Lipinski definition) is 1. The zero-order chi connectivity index (χ0) is 18.6. The average Bonchev–Trinajstić information content (AvgIpc) is 2.92. The van der Waals surface area contributed by atoms with Crippen molar-refractivity contribution in [3.8, 4) is 0 Å². The summed E-state index contributed by atoms with van der Waals surface area (Å²) in [4.78, 5) is 35.5. The molecular formula is C18H20N6O2S. The van der Waals surface area contributed by atoms with Crippen LogP contribution < -0.4 is 15.8 Å². The number of aromatic nitrogens is 4. The quantitative estimate of drug-likeness (QED) is 0.738. The molecule has 1 N–H and O–H groups in total. The van der Waals surface area contributed by atoms with E-state index in [9.17, 15) is 9.59 Å². The Balaban J connectivity index is 1.61. The normalized spacial score (nSPS) is 14.9. The van der Waals surface area contributed by atoms with E-state index in [-0.39, 0.29) is 18.1 Å². The van der Waals surface area contributed by atoms with Crippen LogP contribution in [-0.2, 0) is 6.54 Å². The molecule has 27 heavy (non-hydrogen) atoms. The third-order valence-electron chi connectivity index (χ3n) is 4.51. The highest BCUT2D eigenvalue weighted by Crippen LogP contribution is 2.25. The van der Waals surface area contributed by atoms with Crippen LogP contribution in [0.2, 0.25) is 0 Å². The maximum absolute atomic E-state index is 12.6. The molecule has 1 fully saturated rings. The number of pyridine rings is 1. The number of fused-ring (bicyclic) bond motifs is 1. The molecule has 4 rings (SSSR count). The first-order chi connectivity index (χ1) is 13.2. The van der Waals surface area contributed by atoms with Gasteiger partial charge in [-0.2, -0.15) is 9.50 Å². The average molecular weight is 384 g/mol. The summed E-state index contributed by atoms with van der Waals surface area (Å²) >= 11 is 1.35. The van der Waals surface area contributed by atoms with Gasteiger partial charge in [-0.3, -0.25) is 14.6 Å². The van der Waals surface area contributed by atoms with Gasteiger partial charge in [-0.25, -0.2) is 0 Å². The van der Waals surface area contributed by atoms with Crippen LogP contribution in [0.25, 0.3) is 4.96 Å². The molecule has 1 aliphatic rings. The van der Waals surface area contributed by atoms with Crippen LogP contribution in [0, 0.1) is 0 Å². The molecule has 8 nitrogen and oxygen atoms in total. The molecule has 140 valence electrons. The molecule has 3 aromatic heterocycles. The van der Waals surface area contributed by atoms with Crippen molar-refractivity contribution < 1.29 is 4.79 Å². The van der Waals surface area contributed by atoms with Crippen molar-refractivity contribution in [1.29, 1.82) is 0 Å². The van der Waals surface area contributed by atoms with Crippen molar-refractivity contribution in [2.24, 2.45) is 0 Å². The highest BCUT2D eigenvalue weighted by molar-refractivity contribution is 7.20. The minimum absolute atomic E-state index is 0.193. The van der Waals surface area contributed by atoms with Gasteiger partial charge in [0.1, 0.15) is 5.69 Å². The third-order valence-corrected chi connectivity index (χ3v) is 5.48. The lowest BCUT2D eigenvalue weighted by atomic mass is 10.2. The standard InChI is InChI=1S/C18H20N6O2S/c25-15-11-14(16(26)20-12-13-7-3-4-8-19-13)24-17(21-15)27-18(22-24)23-9-5-1-2-6-10-23/h3-4,7-8,11H,1-2,5-6,9-10,12H2,(H,20,26). The Morgan fingerprint density at radius 3 is 2.74 bits per heavy atom. The Hall–Kier alpha value is -2.81.